The van der Waals surface area contributed by atoms with Gasteiger partial charge in [-0.1, -0.05) is 24.3 Å². The third kappa shape index (κ3) is 3.79. The molecule has 0 spiro atoms. The summed E-state index contributed by atoms with van der Waals surface area (Å²) in [5.74, 6) is 0. The molecule has 3 rings (SSSR count). The predicted molar refractivity (Wildman–Crippen MR) is 90.8 cm³/mol. The summed E-state index contributed by atoms with van der Waals surface area (Å²) in [7, 11) is -0.300. The molecular formula is C18H27BO4. The first kappa shape index (κ1) is 17.0. The summed E-state index contributed by atoms with van der Waals surface area (Å²) in [5.41, 5.74) is 1.63. The highest BCUT2D eigenvalue weighted by atomic mass is 16.7. The molecule has 0 aromatic heterocycles. The number of ether oxygens (including phenoxy) is 2. The molecule has 0 unspecified atom stereocenters. The summed E-state index contributed by atoms with van der Waals surface area (Å²) in [6, 6.07) is 8.34. The van der Waals surface area contributed by atoms with Crippen LogP contribution >= 0.6 is 0 Å². The second kappa shape index (κ2) is 6.56. The van der Waals surface area contributed by atoms with Crippen LogP contribution in [0.25, 0.3) is 0 Å². The highest BCUT2D eigenvalue weighted by molar-refractivity contribution is 6.62. The molecule has 2 heterocycles. The highest BCUT2D eigenvalue weighted by Gasteiger charge is 2.51. The summed E-state index contributed by atoms with van der Waals surface area (Å²) < 4.78 is 23.5. The fraction of sp³-hybridized carbons (Fsp3) is 0.667. The summed E-state index contributed by atoms with van der Waals surface area (Å²) in [6.45, 7) is 10.6. The molecule has 4 nitrogen and oxygen atoms in total. The largest absolute Gasteiger partial charge is 0.494 e. The van der Waals surface area contributed by atoms with E-state index in [-0.39, 0.29) is 18.3 Å². The lowest BCUT2D eigenvalue weighted by Crippen LogP contribution is -2.41. The van der Waals surface area contributed by atoms with E-state index in [1.54, 1.807) is 0 Å². The van der Waals surface area contributed by atoms with Gasteiger partial charge >= 0.3 is 7.12 Å². The number of hydrogen-bond acceptors (Lipinski definition) is 4. The Kier molecular flexibility index (Phi) is 4.84. The van der Waals surface area contributed by atoms with E-state index in [1.165, 1.54) is 5.56 Å². The van der Waals surface area contributed by atoms with Crippen LogP contribution in [0.2, 0.25) is 0 Å². The lowest BCUT2D eigenvalue weighted by molar-refractivity contribution is -0.0390. The molecule has 23 heavy (non-hydrogen) atoms. The van der Waals surface area contributed by atoms with Gasteiger partial charge in [-0.05, 0) is 51.6 Å². The zero-order chi connectivity index (χ0) is 16.5. The Labute approximate surface area is 139 Å². The van der Waals surface area contributed by atoms with E-state index < -0.39 is 0 Å². The smallest absolute Gasteiger partial charge is 0.399 e. The van der Waals surface area contributed by atoms with Gasteiger partial charge in [-0.25, -0.2) is 0 Å². The Morgan fingerprint density at radius 2 is 1.57 bits per heavy atom. The zero-order valence-electron chi connectivity index (χ0n) is 14.6. The molecular weight excluding hydrogens is 291 g/mol. The maximum atomic E-state index is 6.08. The van der Waals surface area contributed by atoms with E-state index >= 15 is 0 Å². The van der Waals surface area contributed by atoms with Crippen LogP contribution in [0.15, 0.2) is 24.3 Å². The third-order valence-corrected chi connectivity index (χ3v) is 5.16. The van der Waals surface area contributed by atoms with Crippen LogP contribution in [0, 0.1) is 0 Å². The van der Waals surface area contributed by atoms with Crippen molar-refractivity contribution in [3.05, 3.63) is 29.8 Å². The fourth-order valence-electron chi connectivity index (χ4n) is 2.81. The summed E-state index contributed by atoms with van der Waals surface area (Å²) in [4.78, 5) is 0. The second-order valence-corrected chi connectivity index (χ2v) is 7.45. The number of rotatable bonds is 4. The third-order valence-electron chi connectivity index (χ3n) is 5.16. The van der Waals surface area contributed by atoms with Crippen LogP contribution in [0.3, 0.4) is 0 Å². The van der Waals surface area contributed by atoms with Crippen molar-refractivity contribution < 1.29 is 18.8 Å². The molecule has 0 N–H and O–H groups in total. The van der Waals surface area contributed by atoms with Crippen LogP contribution in [0.1, 0.15) is 46.1 Å². The van der Waals surface area contributed by atoms with Gasteiger partial charge in [-0.2, -0.15) is 0 Å². The maximum absolute atomic E-state index is 6.08. The van der Waals surface area contributed by atoms with Crippen molar-refractivity contribution in [3.8, 4) is 0 Å². The first-order valence-corrected chi connectivity index (χ1v) is 8.51. The molecule has 1 aromatic rings. The molecule has 5 heteroatoms. The van der Waals surface area contributed by atoms with Crippen molar-refractivity contribution in [1.29, 1.82) is 0 Å². The van der Waals surface area contributed by atoms with E-state index in [9.17, 15) is 0 Å². The van der Waals surface area contributed by atoms with Crippen LogP contribution < -0.4 is 5.46 Å². The number of hydrogen-bond donors (Lipinski definition) is 0. The first-order valence-electron chi connectivity index (χ1n) is 8.51. The van der Waals surface area contributed by atoms with E-state index in [2.05, 4.69) is 52.0 Å². The molecule has 2 fully saturated rings. The first-order chi connectivity index (χ1) is 10.9. The molecule has 2 saturated heterocycles. The van der Waals surface area contributed by atoms with Gasteiger partial charge in [0.25, 0.3) is 0 Å². The predicted octanol–water partition coefficient (Wildman–Crippen LogP) is 2.68. The van der Waals surface area contributed by atoms with E-state index in [0.29, 0.717) is 12.7 Å². The molecule has 0 bridgehead atoms. The second-order valence-electron chi connectivity index (χ2n) is 7.45. The van der Waals surface area contributed by atoms with Crippen molar-refractivity contribution in [2.75, 3.05) is 13.2 Å². The molecule has 1 aromatic carbocycles. The van der Waals surface area contributed by atoms with E-state index in [0.717, 1.165) is 31.5 Å². The lowest BCUT2D eigenvalue weighted by Gasteiger charge is -2.32. The number of benzene rings is 1. The molecule has 2 aliphatic heterocycles. The van der Waals surface area contributed by atoms with Crippen LogP contribution in [0.4, 0.5) is 0 Å². The van der Waals surface area contributed by atoms with Gasteiger partial charge in [0.15, 0.2) is 0 Å². The maximum Gasteiger partial charge on any atom is 0.494 e. The van der Waals surface area contributed by atoms with Crippen molar-refractivity contribution in [2.45, 2.75) is 64.4 Å². The Balaban J connectivity index is 1.57. The minimum Gasteiger partial charge on any atom is -0.399 e. The topological polar surface area (TPSA) is 36.9 Å². The van der Waals surface area contributed by atoms with Gasteiger partial charge in [-0.3, -0.25) is 0 Å². The van der Waals surface area contributed by atoms with Crippen molar-refractivity contribution in [3.63, 3.8) is 0 Å². The van der Waals surface area contributed by atoms with Gasteiger partial charge in [-0.15, -0.1) is 0 Å². The highest BCUT2D eigenvalue weighted by Crippen LogP contribution is 2.36. The van der Waals surface area contributed by atoms with E-state index in [1.807, 2.05) is 0 Å². The average molecular weight is 318 g/mol. The van der Waals surface area contributed by atoms with Gasteiger partial charge in [0.05, 0.1) is 23.9 Å². The SMILES string of the molecule is CC1(C)OB(c2ccc(COC3CCOCC3)cc2)OC1(C)C. The van der Waals surface area contributed by atoms with Crippen molar-refractivity contribution >= 4 is 12.6 Å². The van der Waals surface area contributed by atoms with E-state index in [4.69, 9.17) is 18.8 Å². The Hall–Kier alpha value is -0.875. The molecule has 0 saturated carbocycles. The van der Waals surface area contributed by atoms with Gasteiger partial charge in [0.2, 0.25) is 0 Å². The molecule has 0 atom stereocenters. The summed E-state index contributed by atoms with van der Waals surface area (Å²) in [5, 5.41) is 0. The molecule has 0 aliphatic carbocycles. The van der Waals surface area contributed by atoms with Crippen LogP contribution in [0.5, 0.6) is 0 Å². The molecule has 2 aliphatic rings. The normalized spacial score (nSPS) is 24.1. The minimum atomic E-state index is -0.303. The Morgan fingerprint density at radius 1 is 1.00 bits per heavy atom. The monoisotopic (exact) mass is 318 g/mol. The van der Waals surface area contributed by atoms with Gasteiger partial charge < -0.3 is 18.8 Å². The fourth-order valence-corrected chi connectivity index (χ4v) is 2.81. The standard InChI is InChI=1S/C18H27BO4/c1-17(2)18(3,4)23-19(22-17)15-7-5-14(6-8-15)13-21-16-9-11-20-12-10-16/h5-8,16H,9-13H2,1-4H3. The molecule has 126 valence electrons. The molecule has 0 radical (unpaired) electrons. The molecule has 0 amide bonds. The Morgan fingerprint density at radius 3 is 2.13 bits per heavy atom. The zero-order valence-corrected chi connectivity index (χ0v) is 14.6. The van der Waals surface area contributed by atoms with Crippen LogP contribution in [-0.2, 0) is 25.4 Å². The van der Waals surface area contributed by atoms with Crippen molar-refractivity contribution in [2.24, 2.45) is 0 Å². The average Bonchev–Trinajstić information content (AvgIpc) is 2.75. The van der Waals surface area contributed by atoms with Crippen molar-refractivity contribution in [1.82, 2.24) is 0 Å². The Bertz CT molecular complexity index is 504. The minimum absolute atomic E-state index is 0.300. The van der Waals surface area contributed by atoms with Gasteiger partial charge in [0, 0.05) is 13.2 Å². The summed E-state index contributed by atoms with van der Waals surface area (Å²) >= 11 is 0. The lowest BCUT2D eigenvalue weighted by atomic mass is 9.79. The van der Waals surface area contributed by atoms with Gasteiger partial charge in [0.1, 0.15) is 0 Å². The summed E-state index contributed by atoms with van der Waals surface area (Å²) in [6.07, 6.45) is 2.31. The van der Waals surface area contributed by atoms with Crippen LogP contribution in [-0.4, -0.2) is 37.6 Å². The quantitative estimate of drug-likeness (QED) is 0.800.